The zero-order valence-corrected chi connectivity index (χ0v) is 19.3. The number of H-pyrrole nitrogens is 1. The third-order valence-electron chi connectivity index (χ3n) is 5.84. The number of nitrogens with one attached hydrogen (secondary N) is 1. The highest BCUT2D eigenvalue weighted by molar-refractivity contribution is 5.94. The number of nitrogens with zero attached hydrogens (tertiary/aromatic N) is 1. The van der Waals surface area contributed by atoms with Crippen LogP contribution in [0.15, 0.2) is 77.6 Å². The van der Waals surface area contributed by atoms with Gasteiger partial charge in [0.1, 0.15) is 11.6 Å². The lowest BCUT2D eigenvalue weighted by molar-refractivity contribution is 0.0744. The molecule has 3 aromatic carbocycles. The number of ether oxygens (including phenoxy) is 1. The van der Waals surface area contributed by atoms with Gasteiger partial charge in [-0.05, 0) is 73.9 Å². The third kappa shape index (κ3) is 5.34. The van der Waals surface area contributed by atoms with Crippen LogP contribution in [0.3, 0.4) is 0 Å². The van der Waals surface area contributed by atoms with Gasteiger partial charge < -0.3 is 14.6 Å². The average Bonchev–Trinajstić information content (AvgIpc) is 2.83. The largest absolute Gasteiger partial charge is 0.494 e. The lowest BCUT2D eigenvalue weighted by atomic mass is 10.0. The van der Waals surface area contributed by atoms with Gasteiger partial charge in [0.25, 0.3) is 11.5 Å². The number of halogens is 1. The highest BCUT2D eigenvalue weighted by Crippen LogP contribution is 2.20. The quantitative estimate of drug-likeness (QED) is 0.392. The van der Waals surface area contributed by atoms with Gasteiger partial charge in [0, 0.05) is 28.6 Å². The monoisotopic (exact) mass is 458 g/mol. The van der Waals surface area contributed by atoms with Gasteiger partial charge in [-0.15, -0.1) is 0 Å². The molecule has 0 aliphatic carbocycles. The Labute approximate surface area is 197 Å². The molecule has 0 saturated heterocycles. The summed E-state index contributed by atoms with van der Waals surface area (Å²) in [4.78, 5) is 30.7. The molecule has 1 heterocycles. The Bertz CT molecular complexity index is 1380. The lowest BCUT2D eigenvalue weighted by Crippen LogP contribution is -2.34. The molecule has 174 valence electrons. The van der Waals surface area contributed by atoms with Crippen LogP contribution in [0.2, 0.25) is 0 Å². The Kier molecular flexibility index (Phi) is 7.07. The molecule has 0 saturated carbocycles. The van der Waals surface area contributed by atoms with Crippen molar-refractivity contribution in [2.75, 3.05) is 13.2 Å². The predicted octanol–water partition coefficient (Wildman–Crippen LogP) is 5.26. The number of pyridine rings is 1. The molecule has 0 aliphatic rings. The van der Waals surface area contributed by atoms with E-state index in [0.29, 0.717) is 36.4 Å². The first kappa shape index (κ1) is 23.2. The SMILES string of the molecule is CCOc1ccc2[nH]c(=O)c(CN(CCc3ccccc3C)C(=O)c3cccc(F)c3)cc2c1. The van der Waals surface area contributed by atoms with Crippen molar-refractivity contribution in [2.24, 2.45) is 0 Å². The van der Waals surface area contributed by atoms with Gasteiger partial charge in [-0.2, -0.15) is 0 Å². The predicted molar refractivity (Wildman–Crippen MR) is 132 cm³/mol. The number of rotatable bonds is 8. The molecule has 0 bridgehead atoms. The fourth-order valence-electron chi connectivity index (χ4n) is 4.01. The van der Waals surface area contributed by atoms with Crippen molar-refractivity contribution in [3.63, 3.8) is 0 Å². The summed E-state index contributed by atoms with van der Waals surface area (Å²) < 4.78 is 19.4. The van der Waals surface area contributed by atoms with Crippen molar-refractivity contribution in [1.82, 2.24) is 9.88 Å². The van der Waals surface area contributed by atoms with Crippen LogP contribution in [0.4, 0.5) is 4.39 Å². The molecule has 6 heteroatoms. The summed E-state index contributed by atoms with van der Waals surface area (Å²) in [6.45, 7) is 4.96. The molecule has 1 amide bonds. The van der Waals surface area contributed by atoms with Crippen LogP contribution in [-0.4, -0.2) is 28.9 Å². The summed E-state index contributed by atoms with van der Waals surface area (Å²) in [7, 11) is 0. The van der Waals surface area contributed by atoms with Crippen LogP contribution in [-0.2, 0) is 13.0 Å². The maximum Gasteiger partial charge on any atom is 0.254 e. The third-order valence-corrected chi connectivity index (χ3v) is 5.84. The van der Waals surface area contributed by atoms with Crippen molar-refractivity contribution in [2.45, 2.75) is 26.8 Å². The highest BCUT2D eigenvalue weighted by atomic mass is 19.1. The minimum absolute atomic E-state index is 0.103. The topological polar surface area (TPSA) is 62.4 Å². The maximum atomic E-state index is 13.8. The van der Waals surface area contributed by atoms with E-state index < -0.39 is 5.82 Å². The number of carbonyl (C=O) groups excluding carboxylic acids is 1. The van der Waals surface area contributed by atoms with E-state index in [2.05, 4.69) is 4.98 Å². The van der Waals surface area contributed by atoms with Crippen LogP contribution in [0.5, 0.6) is 5.75 Å². The molecule has 0 radical (unpaired) electrons. The molecule has 0 spiro atoms. The fourth-order valence-corrected chi connectivity index (χ4v) is 4.01. The zero-order valence-electron chi connectivity index (χ0n) is 19.3. The second kappa shape index (κ2) is 10.3. The van der Waals surface area contributed by atoms with Gasteiger partial charge in [0.05, 0.1) is 13.2 Å². The number of aromatic nitrogens is 1. The Morgan fingerprint density at radius 3 is 2.59 bits per heavy atom. The standard InChI is InChI=1S/C28H27FN2O3/c1-3-34-25-11-12-26-22(17-25)15-23(27(32)30-26)18-31(14-13-20-8-5-4-7-19(20)2)28(33)21-9-6-10-24(29)16-21/h4-12,15-17H,3,13-14,18H2,1-2H3,(H,30,32). The molecule has 0 fully saturated rings. The summed E-state index contributed by atoms with van der Waals surface area (Å²) >= 11 is 0. The molecule has 34 heavy (non-hydrogen) atoms. The van der Waals surface area contributed by atoms with E-state index >= 15 is 0 Å². The van der Waals surface area contributed by atoms with Gasteiger partial charge in [0.15, 0.2) is 0 Å². The van der Waals surface area contributed by atoms with Crippen LogP contribution < -0.4 is 10.3 Å². The second-order valence-electron chi connectivity index (χ2n) is 8.22. The Morgan fingerprint density at radius 2 is 1.82 bits per heavy atom. The minimum Gasteiger partial charge on any atom is -0.494 e. The smallest absolute Gasteiger partial charge is 0.254 e. The van der Waals surface area contributed by atoms with Gasteiger partial charge >= 0.3 is 0 Å². The number of benzene rings is 3. The van der Waals surface area contributed by atoms with Crippen LogP contribution in [0, 0.1) is 12.7 Å². The molecule has 4 aromatic rings. The number of fused-ring (bicyclic) bond motifs is 1. The first-order chi connectivity index (χ1) is 16.4. The van der Waals surface area contributed by atoms with E-state index in [-0.39, 0.29) is 23.6 Å². The summed E-state index contributed by atoms with van der Waals surface area (Å²) in [5, 5.41) is 0.817. The number of aryl methyl sites for hydroxylation is 1. The van der Waals surface area contributed by atoms with E-state index in [0.717, 1.165) is 16.5 Å². The molecular formula is C28H27FN2O3. The highest BCUT2D eigenvalue weighted by Gasteiger charge is 2.19. The second-order valence-corrected chi connectivity index (χ2v) is 8.22. The molecule has 0 aliphatic heterocycles. The molecule has 4 rings (SSSR count). The molecule has 1 aromatic heterocycles. The van der Waals surface area contributed by atoms with E-state index in [1.54, 1.807) is 23.1 Å². The molecule has 1 N–H and O–H groups in total. The van der Waals surface area contributed by atoms with Crippen molar-refractivity contribution in [3.8, 4) is 5.75 Å². The number of amides is 1. The lowest BCUT2D eigenvalue weighted by Gasteiger charge is -2.23. The van der Waals surface area contributed by atoms with Crippen LogP contribution in [0.1, 0.15) is 34.0 Å². The van der Waals surface area contributed by atoms with Crippen molar-refractivity contribution in [3.05, 3.63) is 111 Å². The maximum absolute atomic E-state index is 13.8. The Hall–Kier alpha value is -3.93. The van der Waals surface area contributed by atoms with Crippen molar-refractivity contribution >= 4 is 16.8 Å². The summed E-state index contributed by atoms with van der Waals surface area (Å²) in [6, 6.07) is 20.9. The van der Waals surface area contributed by atoms with E-state index in [9.17, 15) is 14.0 Å². The van der Waals surface area contributed by atoms with E-state index in [4.69, 9.17) is 4.74 Å². The Balaban J connectivity index is 1.67. The van der Waals surface area contributed by atoms with Gasteiger partial charge in [-0.1, -0.05) is 30.3 Å². The first-order valence-corrected chi connectivity index (χ1v) is 11.3. The minimum atomic E-state index is -0.475. The summed E-state index contributed by atoms with van der Waals surface area (Å²) in [5.41, 5.74) is 3.39. The normalized spacial score (nSPS) is 10.9. The number of hydrogen-bond acceptors (Lipinski definition) is 3. The van der Waals surface area contributed by atoms with Gasteiger partial charge in [-0.25, -0.2) is 4.39 Å². The van der Waals surface area contributed by atoms with Crippen LogP contribution >= 0.6 is 0 Å². The summed E-state index contributed by atoms with van der Waals surface area (Å²) in [5.74, 6) is -0.0902. The van der Waals surface area contributed by atoms with Crippen molar-refractivity contribution < 1.29 is 13.9 Å². The van der Waals surface area contributed by atoms with E-state index in [1.165, 1.54) is 18.2 Å². The van der Waals surface area contributed by atoms with Gasteiger partial charge in [0.2, 0.25) is 0 Å². The van der Waals surface area contributed by atoms with E-state index in [1.807, 2.05) is 50.2 Å². The Morgan fingerprint density at radius 1 is 1.00 bits per heavy atom. The first-order valence-electron chi connectivity index (χ1n) is 11.3. The number of aromatic amines is 1. The molecule has 0 unspecified atom stereocenters. The zero-order chi connectivity index (χ0) is 24.1. The molecule has 5 nitrogen and oxygen atoms in total. The van der Waals surface area contributed by atoms with Gasteiger partial charge in [-0.3, -0.25) is 9.59 Å². The molecule has 0 atom stereocenters. The number of hydrogen-bond donors (Lipinski definition) is 1. The molecular weight excluding hydrogens is 431 g/mol. The van der Waals surface area contributed by atoms with Crippen molar-refractivity contribution in [1.29, 1.82) is 0 Å². The van der Waals surface area contributed by atoms with Crippen LogP contribution in [0.25, 0.3) is 10.9 Å². The summed E-state index contributed by atoms with van der Waals surface area (Å²) in [6.07, 6.45) is 0.619. The number of carbonyl (C=O) groups is 1. The fraction of sp³-hybridized carbons (Fsp3) is 0.214. The average molecular weight is 459 g/mol.